The number of nitrogens with one attached hydrogen (secondary N) is 1. The van der Waals surface area contributed by atoms with Gasteiger partial charge < -0.3 is 15.0 Å². The van der Waals surface area contributed by atoms with Gasteiger partial charge in [0.2, 0.25) is 0 Å². The quantitative estimate of drug-likeness (QED) is 0.712. The van der Waals surface area contributed by atoms with Crippen LogP contribution >= 0.6 is 0 Å². The molecule has 0 atom stereocenters. The molecule has 5 heteroatoms. The first-order valence-electron chi connectivity index (χ1n) is 9.76. The molecular formula is C23H25N3O2. The number of piperidine rings is 1. The molecule has 0 saturated carbocycles. The van der Waals surface area contributed by atoms with Crippen molar-refractivity contribution >= 4 is 28.2 Å². The number of methoxy groups -OCH3 is 1. The van der Waals surface area contributed by atoms with E-state index in [-0.39, 0.29) is 5.91 Å². The van der Waals surface area contributed by atoms with Crippen LogP contribution in [0, 0.1) is 6.92 Å². The fourth-order valence-corrected chi connectivity index (χ4v) is 3.73. The highest BCUT2D eigenvalue weighted by Gasteiger charge is 2.15. The monoisotopic (exact) mass is 375 g/mol. The van der Waals surface area contributed by atoms with Crippen molar-refractivity contribution < 1.29 is 9.53 Å². The second-order valence-electron chi connectivity index (χ2n) is 7.23. The van der Waals surface area contributed by atoms with Crippen LogP contribution < -0.4 is 15.0 Å². The Balaban J connectivity index is 1.57. The maximum atomic E-state index is 12.9. The lowest BCUT2D eigenvalue weighted by Gasteiger charge is -2.29. The van der Waals surface area contributed by atoms with Gasteiger partial charge in [0.1, 0.15) is 5.75 Å². The fraction of sp³-hybridized carbons (Fsp3) is 0.304. The second-order valence-corrected chi connectivity index (χ2v) is 7.23. The molecule has 3 aromatic rings. The Hall–Kier alpha value is -3.08. The average Bonchev–Trinajstić information content (AvgIpc) is 2.73. The molecule has 0 spiro atoms. The number of pyridine rings is 1. The van der Waals surface area contributed by atoms with Crippen LogP contribution in [0.25, 0.3) is 10.9 Å². The van der Waals surface area contributed by atoms with Gasteiger partial charge in [-0.25, -0.2) is 0 Å². The van der Waals surface area contributed by atoms with Crippen LogP contribution in [0.2, 0.25) is 0 Å². The molecule has 4 rings (SSSR count). The lowest BCUT2D eigenvalue weighted by atomic mass is 10.1. The number of amides is 1. The highest BCUT2D eigenvalue weighted by Crippen LogP contribution is 2.25. The smallest absolute Gasteiger partial charge is 0.257 e. The van der Waals surface area contributed by atoms with Crippen LogP contribution in [0.1, 0.15) is 35.3 Å². The van der Waals surface area contributed by atoms with E-state index in [1.807, 2.05) is 43.3 Å². The van der Waals surface area contributed by atoms with Crippen molar-refractivity contribution in [1.82, 2.24) is 4.98 Å². The number of ether oxygens (including phenoxy) is 1. The van der Waals surface area contributed by atoms with Gasteiger partial charge in [-0.3, -0.25) is 9.78 Å². The SMILES string of the molecule is COc1ccc2cc(C(=O)Nc3cccc(N4CCCCC4)c3)c(C)nc2c1. The predicted molar refractivity (Wildman–Crippen MR) is 113 cm³/mol. The Morgan fingerprint density at radius 1 is 1.07 bits per heavy atom. The van der Waals surface area contributed by atoms with Gasteiger partial charge in [-0.15, -0.1) is 0 Å². The van der Waals surface area contributed by atoms with Crippen molar-refractivity contribution in [1.29, 1.82) is 0 Å². The van der Waals surface area contributed by atoms with E-state index in [1.54, 1.807) is 7.11 Å². The summed E-state index contributed by atoms with van der Waals surface area (Å²) in [6.45, 7) is 4.01. The molecule has 1 amide bonds. The molecule has 5 nitrogen and oxygen atoms in total. The van der Waals surface area contributed by atoms with Crippen molar-refractivity contribution in [3.63, 3.8) is 0 Å². The van der Waals surface area contributed by atoms with Crippen molar-refractivity contribution in [3.05, 3.63) is 59.8 Å². The summed E-state index contributed by atoms with van der Waals surface area (Å²) < 4.78 is 5.26. The van der Waals surface area contributed by atoms with E-state index < -0.39 is 0 Å². The van der Waals surface area contributed by atoms with Crippen LogP contribution in [-0.4, -0.2) is 31.1 Å². The summed E-state index contributed by atoms with van der Waals surface area (Å²) in [4.78, 5) is 19.9. The Morgan fingerprint density at radius 2 is 1.89 bits per heavy atom. The average molecular weight is 375 g/mol. The van der Waals surface area contributed by atoms with Crippen molar-refractivity contribution in [2.75, 3.05) is 30.4 Å². The number of hydrogen-bond donors (Lipinski definition) is 1. The number of fused-ring (bicyclic) bond motifs is 1. The number of carbonyl (C=O) groups is 1. The Bertz CT molecular complexity index is 1010. The van der Waals surface area contributed by atoms with Crippen LogP contribution in [0.4, 0.5) is 11.4 Å². The van der Waals surface area contributed by atoms with E-state index in [0.717, 1.165) is 41.1 Å². The van der Waals surface area contributed by atoms with E-state index in [2.05, 4.69) is 27.3 Å². The first kappa shape index (κ1) is 18.3. The molecule has 1 saturated heterocycles. The van der Waals surface area contributed by atoms with Gasteiger partial charge in [-0.05, 0) is 62.6 Å². The molecule has 1 aromatic heterocycles. The summed E-state index contributed by atoms with van der Waals surface area (Å²) >= 11 is 0. The number of nitrogens with zero attached hydrogens (tertiary/aromatic N) is 2. The first-order valence-corrected chi connectivity index (χ1v) is 9.76. The van der Waals surface area contributed by atoms with Crippen LogP contribution in [0.3, 0.4) is 0 Å². The number of benzene rings is 2. The van der Waals surface area contributed by atoms with Crippen molar-refractivity contribution in [2.24, 2.45) is 0 Å². The maximum absolute atomic E-state index is 12.9. The van der Waals surface area contributed by atoms with E-state index >= 15 is 0 Å². The minimum absolute atomic E-state index is 0.140. The molecule has 2 aromatic carbocycles. The van der Waals surface area contributed by atoms with Crippen LogP contribution in [-0.2, 0) is 0 Å². The minimum Gasteiger partial charge on any atom is -0.497 e. The zero-order chi connectivity index (χ0) is 19.5. The standard InChI is InChI=1S/C23H25N3O2/c1-16-21(13-17-9-10-20(28-2)15-22(17)24-16)23(27)25-18-7-6-8-19(14-18)26-11-4-3-5-12-26/h6-10,13-15H,3-5,11-12H2,1-2H3,(H,25,27). The summed E-state index contributed by atoms with van der Waals surface area (Å²) in [5, 5.41) is 3.95. The first-order chi connectivity index (χ1) is 13.6. The van der Waals surface area contributed by atoms with Gasteiger partial charge in [-0.1, -0.05) is 6.07 Å². The summed E-state index contributed by atoms with van der Waals surface area (Å²) in [7, 11) is 1.63. The number of hydrogen-bond acceptors (Lipinski definition) is 4. The summed E-state index contributed by atoms with van der Waals surface area (Å²) in [5.74, 6) is 0.615. The van der Waals surface area contributed by atoms with Gasteiger partial charge in [0, 0.05) is 35.9 Å². The summed E-state index contributed by atoms with van der Waals surface area (Å²) in [6.07, 6.45) is 3.75. The normalized spacial score (nSPS) is 14.1. The minimum atomic E-state index is -0.140. The summed E-state index contributed by atoms with van der Waals surface area (Å²) in [6, 6.07) is 15.7. The Kier molecular flexibility index (Phi) is 5.15. The van der Waals surface area contributed by atoms with E-state index in [4.69, 9.17) is 4.74 Å². The van der Waals surface area contributed by atoms with Gasteiger partial charge in [-0.2, -0.15) is 0 Å². The molecule has 1 aliphatic heterocycles. The summed E-state index contributed by atoms with van der Waals surface area (Å²) in [5.41, 5.74) is 4.08. The molecule has 0 bridgehead atoms. The van der Waals surface area contributed by atoms with Gasteiger partial charge >= 0.3 is 0 Å². The third-order valence-corrected chi connectivity index (χ3v) is 5.29. The molecule has 2 heterocycles. The molecule has 1 aliphatic rings. The topological polar surface area (TPSA) is 54.5 Å². The van der Waals surface area contributed by atoms with Gasteiger partial charge in [0.05, 0.1) is 23.9 Å². The largest absolute Gasteiger partial charge is 0.497 e. The molecule has 1 fully saturated rings. The number of aryl methyl sites for hydroxylation is 1. The molecule has 0 radical (unpaired) electrons. The maximum Gasteiger partial charge on any atom is 0.257 e. The number of anilines is 2. The molecule has 0 unspecified atom stereocenters. The Morgan fingerprint density at radius 3 is 2.68 bits per heavy atom. The van der Waals surface area contributed by atoms with Crippen molar-refractivity contribution in [3.8, 4) is 5.75 Å². The lowest BCUT2D eigenvalue weighted by Crippen LogP contribution is -2.29. The molecule has 0 aliphatic carbocycles. The second kappa shape index (κ2) is 7.89. The van der Waals surface area contributed by atoms with E-state index in [0.29, 0.717) is 11.3 Å². The fourth-order valence-electron chi connectivity index (χ4n) is 3.73. The van der Waals surface area contributed by atoms with E-state index in [1.165, 1.54) is 19.3 Å². The number of carbonyl (C=O) groups excluding carboxylic acids is 1. The molecule has 28 heavy (non-hydrogen) atoms. The zero-order valence-electron chi connectivity index (χ0n) is 16.4. The van der Waals surface area contributed by atoms with E-state index in [9.17, 15) is 4.79 Å². The van der Waals surface area contributed by atoms with Crippen molar-refractivity contribution in [2.45, 2.75) is 26.2 Å². The third kappa shape index (κ3) is 3.79. The van der Waals surface area contributed by atoms with Gasteiger partial charge in [0.15, 0.2) is 0 Å². The number of aromatic nitrogens is 1. The highest BCUT2D eigenvalue weighted by molar-refractivity contribution is 6.07. The van der Waals surface area contributed by atoms with Crippen LogP contribution in [0.15, 0.2) is 48.5 Å². The molecular weight excluding hydrogens is 350 g/mol. The zero-order valence-corrected chi connectivity index (χ0v) is 16.4. The molecule has 144 valence electrons. The predicted octanol–water partition coefficient (Wildman–Crippen LogP) is 4.79. The Labute approximate surface area is 165 Å². The molecule has 1 N–H and O–H groups in total. The lowest BCUT2D eigenvalue weighted by molar-refractivity contribution is 0.102. The van der Waals surface area contributed by atoms with Gasteiger partial charge in [0.25, 0.3) is 5.91 Å². The number of rotatable bonds is 4. The highest BCUT2D eigenvalue weighted by atomic mass is 16.5. The third-order valence-electron chi connectivity index (χ3n) is 5.29. The van der Waals surface area contributed by atoms with Crippen LogP contribution in [0.5, 0.6) is 5.75 Å².